The van der Waals surface area contributed by atoms with Gasteiger partial charge in [0.15, 0.2) is 5.13 Å². The molecule has 1 aromatic heterocycles. The van der Waals surface area contributed by atoms with Gasteiger partial charge in [-0.3, -0.25) is 4.79 Å². The number of nitrogens with one attached hydrogen (secondary N) is 1. The maximum atomic E-state index is 11.9. The quantitative estimate of drug-likeness (QED) is 0.816. The van der Waals surface area contributed by atoms with Crippen molar-refractivity contribution in [1.29, 1.82) is 0 Å². The lowest BCUT2D eigenvalue weighted by molar-refractivity contribution is -0.118. The van der Waals surface area contributed by atoms with Gasteiger partial charge in [-0.2, -0.15) is 0 Å². The van der Waals surface area contributed by atoms with Crippen LogP contribution in [0.25, 0.3) is 11.3 Å². The molecule has 0 aliphatic carbocycles. The number of aryl methyl sites for hydroxylation is 2. The molecule has 3 N–H and O–H groups in total. The number of anilines is 1. The third kappa shape index (κ3) is 4.60. The molecule has 1 amide bonds. The normalized spacial score (nSPS) is 12.2. The average Bonchev–Trinajstić information content (AvgIpc) is 2.89. The molecule has 1 heterocycles. The summed E-state index contributed by atoms with van der Waals surface area (Å²) in [7, 11) is 1.51. The first kappa shape index (κ1) is 17.6. The summed E-state index contributed by atoms with van der Waals surface area (Å²) in [5.74, 6) is -0.287. The van der Waals surface area contributed by atoms with Gasteiger partial charge in [0.25, 0.3) is 0 Å². The molecule has 1 unspecified atom stereocenters. The molecule has 23 heavy (non-hydrogen) atoms. The van der Waals surface area contributed by atoms with Crippen LogP contribution in [0.5, 0.6) is 0 Å². The second-order valence-corrected chi connectivity index (χ2v) is 6.63. The Balaban J connectivity index is 2.13. The van der Waals surface area contributed by atoms with E-state index in [1.54, 1.807) is 0 Å². The Morgan fingerprint density at radius 1 is 1.39 bits per heavy atom. The van der Waals surface area contributed by atoms with Crippen LogP contribution in [-0.4, -0.2) is 30.6 Å². The van der Waals surface area contributed by atoms with E-state index in [1.165, 1.54) is 24.0 Å². The number of benzene rings is 1. The molecule has 2 aromatic rings. The molecule has 0 fully saturated rings. The number of methoxy groups -OCH3 is 1. The van der Waals surface area contributed by atoms with E-state index in [0.717, 1.165) is 29.0 Å². The first-order valence-corrected chi connectivity index (χ1v) is 8.49. The molecule has 0 radical (unpaired) electrons. The van der Waals surface area contributed by atoms with E-state index in [2.05, 4.69) is 41.5 Å². The van der Waals surface area contributed by atoms with Crippen LogP contribution in [-0.2, 0) is 16.0 Å². The fraction of sp³-hybridized carbons (Fsp3) is 0.412. The SMILES string of the molecule is CCCc1ccc(-c2nc(NC(=O)C(N)COC)sc2C)cc1. The summed E-state index contributed by atoms with van der Waals surface area (Å²) >= 11 is 1.45. The molecule has 0 saturated heterocycles. The first-order valence-electron chi connectivity index (χ1n) is 7.67. The number of amides is 1. The monoisotopic (exact) mass is 333 g/mol. The van der Waals surface area contributed by atoms with Crippen molar-refractivity contribution in [2.75, 3.05) is 19.0 Å². The van der Waals surface area contributed by atoms with E-state index >= 15 is 0 Å². The summed E-state index contributed by atoms with van der Waals surface area (Å²) in [6.07, 6.45) is 2.21. The van der Waals surface area contributed by atoms with Crippen LogP contribution in [0.2, 0.25) is 0 Å². The maximum absolute atomic E-state index is 11.9. The van der Waals surface area contributed by atoms with Crippen molar-refractivity contribution in [3.8, 4) is 11.3 Å². The van der Waals surface area contributed by atoms with Gasteiger partial charge in [-0.1, -0.05) is 37.6 Å². The Bertz CT molecular complexity index is 652. The van der Waals surface area contributed by atoms with Crippen LogP contribution in [0.3, 0.4) is 0 Å². The standard InChI is InChI=1S/C17H23N3O2S/c1-4-5-12-6-8-13(9-7-12)15-11(2)23-17(19-15)20-16(21)14(18)10-22-3/h6-9,14H,4-5,10,18H2,1-3H3,(H,19,20,21). The number of hydrogen-bond acceptors (Lipinski definition) is 5. The van der Waals surface area contributed by atoms with Gasteiger partial charge in [0, 0.05) is 17.6 Å². The predicted molar refractivity (Wildman–Crippen MR) is 94.8 cm³/mol. The molecule has 0 saturated carbocycles. The number of hydrogen-bond donors (Lipinski definition) is 2. The molecule has 1 atom stereocenters. The highest BCUT2D eigenvalue weighted by Gasteiger charge is 2.16. The minimum absolute atomic E-state index is 0.182. The Kier molecular flexibility index (Phi) is 6.27. The van der Waals surface area contributed by atoms with Gasteiger partial charge in [0.05, 0.1) is 12.3 Å². The molecule has 2 rings (SSSR count). The van der Waals surface area contributed by atoms with E-state index in [-0.39, 0.29) is 12.5 Å². The van der Waals surface area contributed by atoms with Crippen LogP contribution in [0.15, 0.2) is 24.3 Å². The maximum Gasteiger partial charge on any atom is 0.245 e. The Hall–Kier alpha value is -1.76. The number of thiazole rings is 1. The van der Waals surface area contributed by atoms with Crippen molar-refractivity contribution >= 4 is 22.4 Å². The van der Waals surface area contributed by atoms with Crippen molar-refractivity contribution in [2.24, 2.45) is 5.73 Å². The fourth-order valence-electron chi connectivity index (χ4n) is 2.29. The average molecular weight is 333 g/mol. The van der Waals surface area contributed by atoms with E-state index in [0.29, 0.717) is 5.13 Å². The summed E-state index contributed by atoms with van der Waals surface area (Å²) in [6.45, 7) is 4.35. The van der Waals surface area contributed by atoms with Crippen LogP contribution < -0.4 is 11.1 Å². The van der Waals surface area contributed by atoms with Crippen molar-refractivity contribution in [3.63, 3.8) is 0 Å². The summed E-state index contributed by atoms with van der Waals surface area (Å²) in [5, 5.41) is 3.31. The number of carbonyl (C=O) groups is 1. The third-order valence-corrected chi connectivity index (χ3v) is 4.36. The van der Waals surface area contributed by atoms with Crippen molar-refractivity contribution in [1.82, 2.24) is 4.98 Å². The zero-order valence-corrected chi connectivity index (χ0v) is 14.6. The van der Waals surface area contributed by atoms with E-state index in [4.69, 9.17) is 10.5 Å². The second-order valence-electron chi connectivity index (χ2n) is 5.42. The number of nitrogens with two attached hydrogens (primary N) is 1. The van der Waals surface area contributed by atoms with Gasteiger partial charge in [-0.15, -0.1) is 11.3 Å². The highest BCUT2D eigenvalue weighted by atomic mass is 32.1. The van der Waals surface area contributed by atoms with Crippen LogP contribution in [0.1, 0.15) is 23.8 Å². The van der Waals surface area contributed by atoms with Crippen molar-refractivity contribution in [2.45, 2.75) is 32.7 Å². The lowest BCUT2D eigenvalue weighted by Crippen LogP contribution is -2.39. The highest BCUT2D eigenvalue weighted by molar-refractivity contribution is 7.16. The zero-order chi connectivity index (χ0) is 16.8. The van der Waals surface area contributed by atoms with Gasteiger partial charge in [-0.05, 0) is 18.9 Å². The lowest BCUT2D eigenvalue weighted by Gasteiger charge is -2.08. The molecule has 6 heteroatoms. The smallest absolute Gasteiger partial charge is 0.245 e. The van der Waals surface area contributed by atoms with Crippen LogP contribution in [0, 0.1) is 6.92 Å². The molecule has 0 aliphatic rings. The molecular formula is C17H23N3O2S. The van der Waals surface area contributed by atoms with Crippen molar-refractivity contribution < 1.29 is 9.53 Å². The predicted octanol–water partition coefficient (Wildman–Crippen LogP) is 2.98. The van der Waals surface area contributed by atoms with Crippen molar-refractivity contribution in [3.05, 3.63) is 34.7 Å². The largest absolute Gasteiger partial charge is 0.383 e. The number of rotatable bonds is 7. The Morgan fingerprint density at radius 3 is 2.70 bits per heavy atom. The van der Waals surface area contributed by atoms with Gasteiger partial charge in [0.2, 0.25) is 5.91 Å². The Labute approximate surface area is 140 Å². The molecule has 0 spiro atoms. The topological polar surface area (TPSA) is 77.2 Å². The summed E-state index contributed by atoms with van der Waals surface area (Å²) in [6, 6.07) is 7.72. The van der Waals surface area contributed by atoms with Crippen LogP contribution in [0.4, 0.5) is 5.13 Å². The number of nitrogens with zero attached hydrogens (tertiary/aromatic N) is 1. The molecular weight excluding hydrogens is 310 g/mol. The lowest BCUT2D eigenvalue weighted by atomic mass is 10.1. The Morgan fingerprint density at radius 2 is 2.09 bits per heavy atom. The second kappa shape index (κ2) is 8.19. The van der Waals surface area contributed by atoms with Gasteiger partial charge in [0.1, 0.15) is 6.04 Å². The highest BCUT2D eigenvalue weighted by Crippen LogP contribution is 2.30. The van der Waals surface area contributed by atoms with E-state index in [1.807, 2.05) is 6.92 Å². The zero-order valence-electron chi connectivity index (χ0n) is 13.8. The molecule has 124 valence electrons. The minimum Gasteiger partial charge on any atom is -0.383 e. The summed E-state index contributed by atoms with van der Waals surface area (Å²) < 4.78 is 4.89. The number of ether oxygens (including phenoxy) is 1. The molecule has 5 nitrogen and oxygen atoms in total. The summed E-state index contributed by atoms with van der Waals surface area (Å²) in [5.41, 5.74) is 8.99. The number of aromatic nitrogens is 1. The van der Waals surface area contributed by atoms with Gasteiger partial charge >= 0.3 is 0 Å². The third-order valence-electron chi connectivity index (χ3n) is 3.48. The minimum atomic E-state index is -0.694. The van der Waals surface area contributed by atoms with Gasteiger partial charge in [-0.25, -0.2) is 4.98 Å². The van der Waals surface area contributed by atoms with Gasteiger partial charge < -0.3 is 15.8 Å². The fourth-order valence-corrected chi connectivity index (χ4v) is 3.13. The number of carbonyl (C=O) groups excluding carboxylic acids is 1. The molecule has 1 aromatic carbocycles. The molecule has 0 bridgehead atoms. The first-order chi connectivity index (χ1) is 11.0. The van der Waals surface area contributed by atoms with E-state index < -0.39 is 6.04 Å². The molecule has 0 aliphatic heterocycles. The van der Waals surface area contributed by atoms with Crippen LogP contribution >= 0.6 is 11.3 Å². The van der Waals surface area contributed by atoms with E-state index in [9.17, 15) is 4.79 Å². The summed E-state index contributed by atoms with van der Waals surface area (Å²) in [4.78, 5) is 17.5.